The molecule has 3 N–H and O–H groups in total. The van der Waals surface area contributed by atoms with Gasteiger partial charge >= 0.3 is 0 Å². The monoisotopic (exact) mass is 248 g/mol. The Balaban J connectivity index is 2.42. The molecule has 18 heavy (non-hydrogen) atoms. The fourth-order valence-electron chi connectivity index (χ4n) is 2.08. The van der Waals surface area contributed by atoms with Crippen LogP contribution in [0.25, 0.3) is 0 Å². The first kappa shape index (κ1) is 12.3. The van der Waals surface area contributed by atoms with E-state index in [2.05, 4.69) is 10.3 Å². The Bertz CT molecular complexity index is 501. The third kappa shape index (κ3) is 2.13. The van der Waals surface area contributed by atoms with E-state index < -0.39 is 6.04 Å². The zero-order valence-electron chi connectivity index (χ0n) is 10.4. The number of anilines is 2. The van der Waals surface area contributed by atoms with Crippen LogP contribution in [0, 0.1) is 6.92 Å². The number of pyridine rings is 1. The molecule has 2 rings (SSSR count). The molecule has 1 aromatic rings. The van der Waals surface area contributed by atoms with Crippen LogP contribution in [0.5, 0.6) is 0 Å². The normalized spacial score (nSPS) is 19.9. The van der Waals surface area contributed by atoms with Crippen molar-refractivity contribution < 1.29 is 9.59 Å². The second-order valence-electron chi connectivity index (χ2n) is 4.33. The number of nitrogen functional groups attached to an aromatic ring is 1. The van der Waals surface area contributed by atoms with Crippen molar-refractivity contribution >= 4 is 23.3 Å². The van der Waals surface area contributed by atoms with Gasteiger partial charge in [0.1, 0.15) is 6.04 Å². The number of carbonyl (C=O) groups excluding carboxylic acids is 2. The smallest absolute Gasteiger partial charge is 0.249 e. The van der Waals surface area contributed by atoms with Crippen molar-refractivity contribution in [1.29, 1.82) is 0 Å². The highest BCUT2D eigenvalue weighted by Gasteiger charge is 2.34. The van der Waals surface area contributed by atoms with Crippen LogP contribution >= 0.6 is 0 Å². The molecule has 6 heteroatoms. The van der Waals surface area contributed by atoms with Gasteiger partial charge in [-0.1, -0.05) is 6.92 Å². The standard InChI is InChI=1S/C12H16N4O2/c1-3-9-12(18)15-10(17)6-16(9)11-8(13)5-4-7(2)14-11/h4-5,9H,3,6,13H2,1-2H3,(H,15,17,18). The van der Waals surface area contributed by atoms with E-state index in [0.717, 1.165) is 5.69 Å². The van der Waals surface area contributed by atoms with E-state index in [9.17, 15) is 9.59 Å². The molecule has 96 valence electrons. The molecule has 1 unspecified atom stereocenters. The van der Waals surface area contributed by atoms with Crippen LogP contribution in [-0.2, 0) is 9.59 Å². The van der Waals surface area contributed by atoms with Crippen molar-refractivity contribution in [2.45, 2.75) is 26.3 Å². The van der Waals surface area contributed by atoms with Gasteiger partial charge < -0.3 is 10.6 Å². The number of piperazine rings is 1. The minimum atomic E-state index is -0.403. The van der Waals surface area contributed by atoms with E-state index >= 15 is 0 Å². The van der Waals surface area contributed by atoms with E-state index in [1.54, 1.807) is 17.0 Å². The quantitative estimate of drug-likeness (QED) is 0.731. The average Bonchev–Trinajstić information content (AvgIpc) is 2.31. The maximum Gasteiger partial charge on any atom is 0.249 e. The number of rotatable bonds is 2. The Morgan fingerprint density at radius 2 is 2.22 bits per heavy atom. The summed E-state index contributed by atoms with van der Waals surface area (Å²) in [5, 5.41) is 2.33. The first-order chi connectivity index (χ1) is 8.52. The maximum atomic E-state index is 11.8. The summed E-state index contributed by atoms with van der Waals surface area (Å²) in [6.45, 7) is 3.83. The number of hydrogen-bond acceptors (Lipinski definition) is 5. The third-order valence-electron chi connectivity index (χ3n) is 2.96. The van der Waals surface area contributed by atoms with Crippen LogP contribution in [0.1, 0.15) is 19.0 Å². The molecule has 2 heterocycles. The third-order valence-corrected chi connectivity index (χ3v) is 2.96. The number of aromatic nitrogens is 1. The number of carbonyl (C=O) groups is 2. The highest BCUT2D eigenvalue weighted by Crippen LogP contribution is 2.25. The Hall–Kier alpha value is -2.11. The van der Waals surface area contributed by atoms with Gasteiger partial charge in [-0.25, -0.2) is 4.98 Å². The van der Waals surface area contributed by atoms with Gasteiger partial charge in [-0.2, -0.15) is 0 Å². The Morgan fingerprint density at radius 3 is 2.89 bits per heavy atom. The molecule has 0 aromatic carbocycles. The number of aryl methyl sites for hydroxylation is 1. The molecular formula is C12H16N4O2. The lowest BCUT2D eigenvalue weighted by molar-refractivity contribution is -0.132. The molecule has 0 saturated carbocycles. The Kier molecular flexibility index (Phi) is 3.18. The molecule has 2 amide bonds. The van der Waals surface area contributed by atoms with Crippen LogP contribution in [0.3, 0.4) is 0 Å². The van der Waals surface area contributed by atoms with Crippen molar-refractivity contribution in [3.8, 4) is 0 Å². The molecule has 0 aliphatic carbocycles. The number of nitrogens with two attached hydrogens (primary N) is 1. The van der Waals surface area contributed by atoms with E-state index in [-0.39, 0.29) is 18.4 Å². The minimum Gasteiger partial charge on any atom is -0.396 e. The summed E-state index contributed by atoms with van der Waals surface area (Å²) in [6, 6.07) is 3.13. The topological polar surface area (TPSA) is 88.3 Å². The second-order valence-corrected chi connectivity index (χ2v) is 4.33. The number of hydrogen-bond donors (Lipinski definition) is 2. The predicted molar refractivity (Wildman–Crippen MR) is 68.0 cm³/mol. The first-order valence-electron chi connectivity index (χ1n) is 5.86. The van der Waals surface area contributed by atoms with Gasteiger partial charge in [0.2, 0.25) is 11.8 Å². The van der Waals surface area contributed by atoms with Crippen LogP contribution in [0.15, 0.2) is 12.1 Å². The van der Waals surface area contributed by atoms with Gasteiger partial charge in [-0.3, -0.25) is 14.9 Å². The lowest BCUT2D eigenvalue weighted by Crippen LogP contribution is -2.58. The summed E-state index contributed by atoms with van der Waals surface area (Å²) >= 11 is 0. The van der Waals surface area contributed by atoms with Crippen LogP contribution in [-0.4, -0.2) is 29.4 Å². The molecule has 0 spiro atoms. The lowest BCUT2D eigenvalue weighted by Gasteiger charge is -2.34. The van der Waals surface area contributed by atoms with Gasteiger partial charge in [-0.05, 0) is 25.5 Å². The van der Waals surface area contributed by atoms with Crippen molar-refractivity contribution in [2.24, 2.45) is 0 Å². The summed E-state index contributed by atoms with van der Waals surface area (Å²) in [5.41, 5.74) is 7.15. The highest BCUT2D eigenvalue weighted by molar-refractivity contribution is 6.04. The molecule has 1 saturated heterocycles. The summed E-state index contributed by atoms with van der Waals surface area (Å²) in [4.78, 5) is 29.2. The SMILES string of the molecule is CCC1C(=O)NC(=O)CN1c1nc(C)ccc1N. The minimum absolute atomic E-state index is 0.102. The molecule has 1 aliphatic heterocycles. The van der Waals surface area contributed by atoms with E-state index in [4.69, 9.17) is 5.73 Å². The van der Waals surface area contributed by atoms with Gasteiger partial charge in [0.15, 0.2) is 5.82 Å². The van der Waals surface area contributed by atoms with Gasteiger partial charge in [0, 0.05) is 5.69 Å². The Labute approximate surface area is 105 Å². The molecule has 1 aromatic heterocycles. The molecule has 6 nitrogen and oxygen atoms in total. The zero-order valence-corrected chi connectivity index (χ0v) is 10.4. The first-order valence-corrected chi connectivity index (χ1v) is 5.86. The number of nitrogens with zero attached hydrogens (tertiary/aromatic N) is 2. The van der Waals surface area contributed by atoms with Gasteiger partial charge in [0.05, 0.1) is 12.2 Å². The lowest BCUT2D eigenvalue weighted by atomic mass is 10.1. The summed E-state index contributed by atoms with van der Waals surface area (Å²) in [5.74, 6) is -0.117. The Morgan fingerprint density at radius 1 is 1.50 bits per heavy atom. The molecule has 0 bridgehead atoms. The van der Waals surface area contributed by atoms with Crippen molar-refractivity contribution in [1.82, 2.24) is 10.3 Å². The second kappa shape index (κ2) is 4.64. The van der Waals surface area contributed by atoms with Crippen LogP contribution in [0.4, 0.5) is 11.5 Å². The van der Waals surface area contributed by atoms with Crippen LogP contribution < -0.4 is 16.0 Å². The summed E-state index contributed by atoms with van der Waals surface area (Å²) < 4.78 is 0. The molecule has 1 fully saturated rings. The van der Waals surface area contributed by atoms with Crippen molar-refractivity contribution in [3.05, 3.63) is 17.8 Å². The molecular weight excluding hydrogens is 232 g/mol. The van der Waals surface area contributed by atoms with E-state index in [0.29, 0.717) is 17.9 Å². The average molecular weight is 248 g/mol. The van der Waals surface area contributed by atoms with Crippen LogP contribution in [0.2, 0.25) is 0 Å². The van der Waals surface area contributed by atoms with E-state index in [1.165, 1.54) is 0 Å². The van der Waals surface area contributed by atoms with Crippen molar-refractivity contribution in [2.75, 3.05) is 17.2 Å². The zero-order chi connectivity index (χ0) is 13.3. The number of nitrogens with one attached hydrogen (secondary N) is 1. The summed E-state index contributed by atoms with van der Waals surface area (Å²) in [7, 11) is 0. The molecule has 0 radical (unpaired) electrons. The van der Waals surface area contributed by atoms with Crippen molar-refractivity contribution in [3.63, 3.8) is 0 Å². The predicted octanol–water partition coefficient (Wildman–Crippen LogP) is 0.214. The molecule has 1 aliphatic rings. The highest BCUT2D eigenvalue weighted by atomic mass is 16.2. The fourth-order valence-corrected chi connectivity index (χ4v) is 2.08. The maximum absolute atomic E-state index is 11.8. The summed E-state index contributed by atoms with van der Waals surface area (Å²) in [6.07, 6.45) is 0.591. The van der Waals surface area contributed by atoms with Gasteiger partial charge in [-0.15, -0.1) is 0 Å². The number of imide groups is 1. The molecule has 1 atom stereocenters. The number of amides is 2. The van der Waals surface area contributed by atoms with E-state index in [1.807, 2.05) is 13.8 Å². The van der Waals surface area contributed by atoms with Gasteiger partial charge in [0.25, 0.3) is 0 Å². The fraction of sp³-hybridized carbons (Fsp3) is 0.417. The largest absolute Gasteiger partial charge is 0.396 e.